The molecule has 1 aromatic heterocycles. The van der Waals surface area contributed by atoms with E-state index in [4.69, 9.17) is 0 Å². The first-order valence-corrected chi connectivity index (χ1v) is 7.94. The van der Waals surface area contributed by atoms with Gasteiger partial charge in [-0.15, -0.1) is 5.10 Å². The molecular weight excluding hydrogens is 290 g/mol. The van der Waals surface area contributed by atoms with E-state index in [2.05, 4.69) is 25.2 Å². The summed E-state index contributed by atoms with van der Waals surface area (Å²) in [5.74, 6) is -0.0490. The van der Waals surface area contributed by atoms with Gasteiger partial charge in [0.1, 0.15) is 0 Å². The van der Waals surface area contributed by atoms with E-state index < -0.39 is 10.0 Å². The van der Waals surface area contributed by atoms with Crippen LogP contribution in [0.2, 0.25) is 0 Å². The van der Waals surface area contributed by atoms with Crippen molar-refractivity contribution >= 4 is 21.7 Å². The van der Waals surface area contributed by atoms with Gasteiger partial charge >= 0.3 is 0 Å². The zero-order chi connectivity index (χ0) is 15.5. The van der Waals surface area contributed by atoms with Crippen molar-refractivity contribution in [3.05, 3.63) is 35.7 Å². The lowest BCUT2D eigenvalue weighted by atomic mass is 10.1. The van der Waals surface area contributed by atoms with Gasteiger partial charge in [0, 0.05) is 12.2 Å². The topological polar surface area (TPSA) is 96.9 Å². The van der Waals surface area contributed by atoms with Crippen LogP contribution in [0.15, 0.2) is 29.4 Å². The summed E-state index contributed by atoms with van der Waals surface area (Å²) in [6, 6.07) is 3.60. The fourth-order valence-electron chi connectivity index (χ4n) is 2.15. The molecule has 0 atom stereocenters. The van der Waals surface area contributed by atoms with Crippen molar-refractivity contribution in [2.75, 3.05) is 16.6 Å². The molecule has 0 amide bonds. The molecule has 0 saturated carbocycles. The van der Waals surface area contributed by atoms with E-state index >= 15 is 0 Å². The van der Waals surface area contributed by atoms with Gasteiger partial charge in [-0.3, -0.25) is 0 Å². The second kappa shape index (κ2) is 6.04. The Hall–Kier alpha value is -2.22. The first kappa shape index (κ1) is 15.2. The number of benzene rings is 1. The average Bonchev–Trinajstić information content (AvgIpc) is 2.38. The molecule has 8 heteroatoms. The van der Waals surface area contributed by atoms with Crippen molar-refractivity contribution in [3.8, 4) is 0 Å². The average molecular weight is 307 g/mol. The third kappa shape index (κ3) is 3.46. The number of aryl methyl sites for hydroxylation is 2. The van der Waals surface area contributed by atoms with Crippen LogP contribution >= 0.6 is 0 Å². The Balaban J connectivity index is 2.41. The van der Waals surface area contributed by atoms with Crippen LogP contribution in [0.5, 0.6) is 0 Å². The van der Waals surface area contributed by atoms with Crippen LogP contribution in [-0.4, -0.2) is 30.1 Å². The second-order valence-corrected chi connectivity index (χ2v) is 6.16. The number of sulfonamides is 1. The van der Waals surface area contributed by atoms with Gasteiger partial charge in [-0.05, 0) is 44.0 Å². The Labute approximate surface area is 123 Å². The molecule has 0 aliphatic carbocycles. The Kier molecular flexibility index (Phi) is 4.37. The standard InChI is InChI=1S/C13H17N5O2S/c1-4-14-11-7-9(2)12(10(3)8-11)21(19,20)18-13-15-5-6-16-17-13/h5-8,14H,4H2,1-3H3,(H,15,17,18). The highest BCUT2D eigenvalue weighted by molar-refractivity contribution is 7.92. The quantitative estimate of drug-likeness (QED) is 0.873. The lowest BCUT2D eigenvalue weighted by molar-refractivity contribution is 0.599. The number of rotatable bonds is 5. The number of hydrogen-bond donors (Lipinski definition) is 2. The molecule has 0 bridgehead atoms. The van der Waals surface area contributed by atoms with Crippen molar-refractivity contribution in [2.24, 2.45) is 0 Å². The van der Waals surface area contributed by atoms with E-state index in [9.17, 15) is 8.42 Å². The van der Waals surface area contributed by atoms with Gasteiger partial charge in [0.05, 0.1) is 17.3 Å². The first-order chi connectivity index (χ1) is 9.94. The smallest absolute Gasteiger partial charge is 0.264 e. The molecule has 2 N–H and O–H groups in total. The van der Waals surface area contributed by atoms with E-state index in [1.165, 1.54) is 12.4 Å². The lowest BCUT2D eigenvalue weighted by Crippen LogP contribution is -2.18. The summed E-state index contributed by atoms with van der Waals surface area (Å²) in [7, 11) is -3.75. The van der Waals surface area contributed by atoms with Gasteiger partial charge in [-0.25, -0.2) is 18.1 Å². The van der Waals surface area contributed by atoms with Gasteiger partial charge in [-0.1, -0.05) is 0 Å². The van der Waals surface area contributed by atoms with Crippen LogP contribution in [0, 0.1) is 13.8 Å². The molecule has 0 aliphatic heterocycles. The van der Waals surface area contributed by atoms with Gasteiger partial charge in [-0.2, -0.15) is 5.10 Å². The second-order valence-electron chi connectivity index (χ2n) is 4.54. The van der Waals surface area contributed by atoms with Crippen molar-refractivity contribution < 1.29 is 8.42 Å². The molecule has 1 heterocycles. The maximum absolute atomic E-state index is 12.5. The van der Waals surface area contributed by atoms with Crippen LogP contribution in [0.4, 0.5) is 11.6 Å². The van der Waals surface area contributed by atoms with Crippen molar-refractivity contribution in [1.82, 2.24) is 15.2 Å². The predicted octanol–water partition coefficient (Wildman–Crippen LogP) is 1.72. The van der Waals surface area contributed by atoms with E-state index in [1.54, 1.807) is 26.0 Å². The van der Waals surface area contributed by atoms with E-state index in [-0.39, 0.29) is 10.8 Å². The highest BCUT2D eigenvalue weighted by Gasteiger charge is 2.21. The van der Waals surface area contributed by atoms with Crippen LogP contribution < -0.4 is 10.0 Å². The lowest BCUT2D eigenvalue weighted by Gasteiger charge is -2.14. The molecule has 1 aromatic carbocycles. The van der Waals surface area contributed by atoms with Crippen LogP contribution in [0.25, 0.3) is 0 Å². The molecule has 21 heavy (non-hydrogen) atoms. The van der Waals surface area contributed by atoms with E-state index in [0.29, 0.717) is 11.1 Å². The van der Waals surface area contributed by atoms with Gasteiger partial charge < -0.3 is 5.32 Å². The van der Waals surface area contributed by atoms with Crippen LogP contribution in [0.1, 0.15) is 18.1 Å². The molecule has 0 spiro atoms. The zero-order valence-electron chi connectivity index (χ0n) is 12.1. The predicted molar refractivity (Wildman–Crippen MR) is 80.7 cm³/mol. The highest BCUT2D eigenvalue weighted by atomic mass is 32.2. The third-order valence-corrected chi connectivity index (χ3v) is 4.45. The fourth-order valence-corrected chi connectivity index (χ4v) is 3.55. The molecule has 0 aliphatic rings. The summed E-state index contributed by atoms with van der Waals surface area (Å²) in [6.45, 7) is 6.27. The summed E-state index contributed by atoms with van der Waals surface area (Å²) >= 11 is 0. The molecule has 0 fully saturated rings. The van der Waals surface area contributed by atoms with Gasteiger partial charge in [0.15, 0.2) is 0 Å². The molecular formula is C13H17N5O2S. The van der Waals surface area contributed by atoms with E-state index in [0.717, 1.165) is 12.2 Å². The number of aromatic nitrogens is 3. The molecule has 0 saturated heterocycles. The normalized spacial score (nSPS) is 11.2. The van der Waals surface area contributed by atoms with Crippen LogP contribution in [-0.2, 0) is 10.0 Å². The minimum atomic E-state index is -3.75. The fraction of sp³-hybridized carbons (Fsp3) is 0.308. The van der Waals surface area contributed by atoms with Crippen LogP contribution in [0.3, 0.4) is 0 Å². The third-order valence-electron chi connectivity index (χ3n) is 2.82. The highest BCUT2D eigenvalue weighted by Crippen LogP contribution is 2.25. The largest absolute Gasteiger partial charge is 0.385 e. The van der Waals surface area contributed by atoms with Crippen molar-refractivity contribution in [2.45, 2.75) is 25.7 Å². The minimum absolute atomic E-state index is 0.0490. The number of nitrogens with zero attached hydrogens (tertiary/aromatic N) is 3. The first-order valence-electron chi connectivity index (χ1n) is 6.45. The van der Waals surface area contributed by atoms with Gasteiger partial charge in [0.25, 0.3) is 16.0 Å². The molecule has 0 radical (unpaired) electrons. The van der Waals surface area contributed by atoms with E-state index in [1.807, 2.05) is 6.92 Å². The monoisotopic (exact) mass is 307 g/mol. The van der Waals surface area contributed by atoms with Gasteiger partial charge in [0.2, 0.25) is 0 Å². The zero-order valence-corrected chi connectivity index (χ0v) is 12.9. The Morgan fingerprint density at radius 1 is 1.14 bits per heavy atom. The number of nitrogens with one attached hydrogen (secondary N) is 2. The molecule has 2 aromatic rings. The molecule has 0 unspecified atom stereocenters. The maximum Gasteiger partial charge on any atom is 0.264 e. The Morgan fingerprint density at radius 3 is 2.33 bits per heavy atom. The molecule has 112 valence electrons. The SMILES string of the molecule is CCNc1cc(C)c(S(=O)(=O)Nc2nccnn2)c(C)c1. The summed E-state index contributed by atoms with van der Waals surface area (Å²) < 4.78 is 27.3. The number of anilines is 2. The number of hydrogen-bond acceptors (Lipinski definition) is 6. The molecule has 2 rings (SSSR count). The summed E-state index contributed by atoms with van der Waals surface area (Å²) in [5.41, 5.74) is 2.20. The Bertz CT molecular complexity index is 708. The maximum atomic E-state index is 12.5. The minimum Gasteiger partial charge on any atom is -0.385 e. The summed E-state index contributed by atoms with van der Waals surface area (Å²) in [6.07, 6.45) is 2.75. The van der Waals surface area contributed by atoms with Crippen molar-refractivity contribution in [3.63, 3.8) is 0 Å². The Morgan fingerprint density at radius 2 is 1.81 bits per heavy atom. The van der Waals surface area contributed by atoms with Crippen molar-refractivity contribution in [1.29, 1.82) is 0 Å². The summed E-state index contributed by atoms with van der Waals surface area (Å²) in [4.78, 5) is 4.05. The molecule has 7 nitrogen and oxygen atoms in total. The summed E-state index contributed by atoms with van der Waals surface area (Å²) in [5, 5.41) is 10.4.